The molecule has 1 aliphatic heterocycles. The number of hydrogen-bond donors (Lipinski definition) is 1. The predicted molar refractivity (Wildman–Crippen MR) is 87.0 cm³/mol. The standard InChI is InChI=1S/C16H17FN2O5S/c1-3-19-16(21)10(8-18-19)15(20)9-4-5-12-13(14(9)17)11(24-2)6-7-25(12,22)23/h4-5,8,11,18H,3,6-7H2,1-2H3. The molecule has 1 N–H and O–H groups in total. The number of aromatic amines is 1. The van der Waals surface area contributed by atoms with E-state index in [4.69, 9.17) is 4.74 Å². The first-order chi connectivity index (χ1) is 11.8. The van der Waals surface area contributed by atoms with Crippen LogP contribution in [0.15, 0.2) is 28.0 Å². The van der Waals surface area contributed by atoms with Crippen molar-refractivity contribution in [2.24, 2.45) is 0 Å². The van der Waals surface area contributed by atoms with Gasteiger partial charge in [0.1, 0.15) is 11.4 Å². The van der Waals surface area contributed by atoms with Gasteiger partial charge in [0.2, 0.25) is 5.78 Å². The fourth-order valence-electron chi connectivity index (χ4n) is 3.02. The van der Waals surface area contributed by atoms with Gasteiger partial charge in [-0.3, -0.25) is 14.3 Å². The number of aromatic nitrogens is 2. The average molecular weight is 368 g/mol. The lowest BCUT2D eigenvalue weighted by molar-refractivity contribution is 0.0920. The van der Waals surface area contributed by atoms with Crippen molar-refractivity contribution >= 4 is 15.6 Å². The van der Waals surface area contributed by atoms with Crippen molar-refractivity contribution in [2.45, 2.75) is 30.9 Å². The summed E-state index contributed by atoms with van der Waals surface area (Å²) in [5.41, 5.74) is -1.25. The molecule has 0 aliphatic carbocycles. The molecule has 1 unspecified atom stereocenters. The van der Waals surface area contributed by atoms with Crippen LogP contribution < -0.4 is 5.56 Å². The molecule has 3 rings (SSSR count). The van der Waals surface area contributed by atoms with Crippen LogP contribution >= 0.6 is 0 Å². The van der Waals surface area contributed by atoms with Gasteiger partial charge in [0.15, 0.2) is 9.84 Å². The number of nitrogens with one attached hydrogen (secondary N) is 1. The topological polar surface area (TPSA) is 98.2 Å². The maximum atomic E-state index is 15.0. The monoisotopic (exact) mass is 368 g/mol. The number of benzene rings is 1. The van der Waals surface area contributed by atoms with Crippen LogP contribution in [0.3, 0.4) is 0 Å². The number of H-pyrrole nitrogens is 1. The Morgan fingerprint density at radius 1 is 1.40 bits per heavy atom. The molecule has 0 fully saturated rings. The minimum Gasteiger partial charge on any atom is -0.377 e. The van der Waals surface area contributed by atoms with Crippen molar-refractivity contribution in [3.8, 4) is 0 Å². The van der Waals surface area contributed by atoms with E-state index in [9.17, 15) is 18.0 Å². The summed E-state index contributed by atoms with van der Waals surface area (Å²) in [7, 11) is -2.27. The Labute approximate surface area is 143 Å². The number of methoxy groups -OCH3 is 1. The second-order valence-electron chi connectivity index (χ2n) is 5.74. The molecule has 9 heteroatoms. The van der Waals surface area contributed by atoms with E-state index >= 15 is 4.39 Å². The smallest absolute Gasteiger partial charge is 0.277 e. The van der Waals surface area contributed by atoms with Gasteiger partial charge in [-0.15, -0.1) is 0 Å². The highest BCUT2D eigenvalue weighted by molar-refractivity contribution is 7.91. The summed E-state index contributed by atoms with van der Waals surface area (Å²) in [5, 5.41) is 2.63. The molecule has 0 radical (unpaired) electrons. The molecule has 1 aromatic carbocycles. The lowest BCUT2D eigenvalue weighted by Crippen LogP contribution is -2.25. The van der Waals surface area contributed by atoms with Gasteiger partial charge in [-0.2, -0.15) is 0 Å². The summed E-state index contributed by atoms with van der Waals surface area (Å²) in [6.07, 6.45) is 0.565. The van der Waals surface area contributed by atoms with E-state index in [1.807, 2.05) is 0 Å². The first-order valence-electron chi connectivity index (χ1n) is 7.72. The Bertz CT molecular complexity index is 1010. The number of sulfone groups is 1. The normalized spacial score (nSPS) is 18.8. The Kier molecular flexibility index (Phi) is 4.38. The lowest BCUT2D eigenvalue weighted by atomic mass is 9.98. The third-order valence-electron chi connectivity index (χ3n) is 4.38. The van der Waals surface area contributed by atoms with Gasteiger partial charge in [0, 0.05) is 25.4 Å². The minimum absolute atomic E-state index is 0.104. The molecule has 0 bridgehead atoms. The summed E-state index contributed by atoms with van der Waals surface area (Å²) < 4.78 is 45.7. The van der Waals surface area contributed by atoms with E-state index in [2.05, 4.69) is 5.10 Å². The molecule has 1 aromatic heterocycles. The fourth-order valence-corrected chi connectivity index (χ4v) is 4.60. The number of carbonyl (C=O) groups excluding carboxylic acids is 1. The molecule has 2 heterocycles. The molecule has 1 aliphatic rings. The van der Waals surface area contributed by atoms with Crippen LogP contribution in [0, 0.1) is 5.82 Å². The van der Waals surface area contributed by atoms with Gasteiger partial charge in [0.25, 0.3) is 5.56 Å². The molecule has 2 aromatic rings. The van der Waals surface area contributed by atoms with Crippen LogP contribution in [-0.2, 0) is 21.1 Å². The summed E-state index contributed by atoms with van der Waals surface area (Å²) in [6, 6.07) is 2.31. The van der Waals surface area contributed by atoms with Crippen LogP contribution in [0.1, 0.15) is 40.9 Å². The van der Waals surface area contributed by atoms with Crippen molar-refractivity contribution in [1.82, 2.24) is 9.78 Å². The number of nitrogens with zero attached hydrogens (tertiary/aromatic N) is 1. The van der Waals surface area contributed by atoms with E-state index in [1.165, 1.54) is 24.1 Å². The van der Waals surface area contributed by atoms with Gasteiger partial charge >= 0.3 is 0 Å². The van der Waals surface area contributed by atoms with E-state index < -0.39 is 33.1 Å². The van der Waals surface area contributed by atoms with Gasteiger partial charge in [-0.25, -0.2) is 12.8 Å². The zero-order valence-corrected chi connectivity index (χ0v) is 14.5. The summed E-state index contributed by atoms with van der Waals surface area (Å²) in [6.45, 7) is 2.06. The maximum Gasteiger partial charge on any atom is 0.277 e. The fraction of sp³-hybridized carbons (Fsp3) is 0.375. The number of ether oxygens (including phenoxy) is 1. The number of aryl methyl sites for hydroxylation is 1. The number of carbonyl (C=O) groups is 1. The molecule has 25 heavy (non-hydrogen) atoms. The first kappa shape index (κ1) is 17.6. The third-order valence-corrected chi connectivity index (χ3v) is 6.18. The zero-order chi connectivity index (χ0) is 18.4. The van der Waals surface area contributed by atoms with Crippen molar-refractivity contribution in [3.63, 3.8) is 0 Å². The summed E-state index contributed by atoms with van der Waals surface area (Å²) >= 11 is 0. The number of ketones is 1. The number of hydrogen-bond acceptors (Lipinski definition) is 5. The van der Waals surface area contributed by atoms with Gasteiger partial charge in [-0.05, 0) is 25.5 Å². The van der Waals surface area contributed by atoms with E-state index in [0.717, 1.165) is 6.07 Å². The van der Waals surface area contributed by atoms with E-state index in [0.29, 0.717) is 6.54 Å². The average Bonchev–Trinajstić information content (AvgIpc) is 2.95. The van der Waals surface area contributed by atoms with E-state index in [1.54, 1.807) is 6.92 Å². The highest BCUT2D eigenvalue weighted by Gasteiger charge is 2.35. The van der Waals surface area contributed by atoms with Crippen molar-refractivity contribution in [2.75, 3.05) is 12.9 Å². The molecule has 1 atom stereocenters. The van der Waals surface area contributed by atoms with Crippen molar-refractivity contribution in [1.29, 1.82) is 0 Å². The van der Waals surface area contributed by atoms with Gasteiger partial charge < -0.3 is 9.84 Å². The largest absolute Gasteiger partial charge is 0.377 e. The van der Waals surface area contributed by atoms with Crippen molar-refractivity contribution in [3.05, 3.63) is 51.2 Å². The number of halogens is 1. The molecule has 0 saturated heterocycles. The van der Waals surface area contributed by atoms with Crippen LogP contribution in [0.2, 0.25) is 0 Å². The number of fused-ring (bicyclic) bond motifs is 1. The third kappa shape index (κ3) is 2.73. The first-order valence-corrected chi connectivity index (χ1v) is 9.38. The molecule has 134 valence electrons. The SMILES string of the molecule is CCn1[nH]cc(C(=O)c2ccc3c(c2F)C(OC)CCS3(=O)=O)c1=O. The zero-order valence-electron chi connectivity index (χ0n) is 13.7. The molecular weight excluding hydrogens is 351 g/mol. The van der Waals surface area contributed by atoms with Crippen LogP contribution in [0.25, 0.3) is 0 Å². The molecule has 7 nitrogen and oxygen atoms in total. The Morgan fingerprint density at radius 3 is 2.72 bits per heavy atom. The van der Waals surface area contributed by atoms with Crippen LogP contribution in [-0.4, -0.2) is 36.8 Å². The summed E-state index contributed by atoms with van der Waals surface area (Å²) in [4.78, 5) is 24.5. The quantitative estimate of drug-likeness (QED) is 0.824. The molecule has 0 amide bonds. The maximum absolute atomic E-state index is 15.0. The van der Waals surface area contributed by atoms with Crippen molar-refractivity contribution < 1.29 is 22.3 Å². The van der Waals surface area contributed by atoms with Crippen LogP contribution in [0.4, 0.5) is 4.39 Å². The highest BCUT2D eigenvalue weighted by atomic mass is 32.2. The Morgan fingerprint density at radius 2 is 2.12 bits per heavy atom. The second kappa shape index (κ2) is 6.23. The van der Waals surface area contributed by atoms with Crippen LogP contribution in [0.5, 0.6) is 0 Å². The molecule has 0 saturated carbocycles. The highest BCUT2D eigenvalue weighted by Crippen LogP contribution is 2.37. The molecular formula is C16H17FN2O5S. The Balaban J connectivity index is 2.18. The van der Waals surface area contributed by atoms with Gasteiger partial charge in [0.05, 0.1) is 22.3 Å². The van der Waals surface area contributed by atoms with Gasteiger partial charge in [-0.1, -0.05) is 0 Å². The predicted octanol–water partition coefficient (Wildman–Crippen LogP) is 1.43. The molecule has 0 spiro atoms. The second-order valence-corrected chi connectivity index (χ2v) is 7.81. The lowest BCUT2D eigenvalue weighted by Gasteiger charge is -2.25. The minimum atomic E-state index is -3.63. The van der Waals surface area contributed by atoms with E-state index in [-0.39, 0.29) is 33.8 Å². The Hall–Kier alpha value is -2.26. The summed E-state index contributed by atoms with van der Waals surface area (Å²) in [5.74, 6) is -1.91. The number of rotatable bonds is 4.